The molecular formula is C15H19N3O2. The molecule has 1 fully saturated rings. The summed E-state index contributed by atoms with van der Waals surface area (Å²) in [5.41, 5.74) is 0.862. The summed E-state index contributed by atoms with van der Waals surface area (Å²) in [7, 11) is 1.64. The van der Waals surface area contributed by atoms with Crippen LogP contribution < -0.4 is 4.74 Å². The summed E-state index contributed by atoms with van der Waals surface area (Å²) < 4.78 is 6.89. The van der Waals surface area contributed by atoms with Crippen molar-refractivity contribution >= 4 is 0 Å². The van der Waals surface area contributed by atoms with E-state index in [2.05, 4.69) is 10.3 Å². The predicted octanol–water partition coefficient (Wildman–Crippen LogP) is 2.43. The van der Waals surface area contributed by atoms with Gasteiger partial charge < -0.3 is 9.84 Å². The fourth-order valence-corrected chi connectivity index (χ4v) is 2.86. The molecule has 0 unspecified atom stereocenters. The van der Waals surface area contributed by atoms with Crippen LogP contribution in [0.15, 0.2) is 30.5 Å². The number of aromatic nitrogens is 3. The molecule has 0 spiro atoms. The van der Waals surface area contributed by atoms with Crippen LogP contribution in [-0.2, 0) is 5.60 Å². The molecule has 0 amide bonds. The minimum Gasteiger partial charge on any atom is -0.497 e. The predicted molar refractivity (Wildman–Crippen MR) is 74.9 cm³/mol. The Morgan fingerprint density at radius 3 is 2.50 bits per heavy atom. The second-order valence-corrected chi connectivity index (χ2v) is 5.32. The van der Waals surface area contributed by atoms with Gasteiger partial charge in [0.25, 0.3) is 0 Å². The number of hydrogen-bond donors (Lipinski definition) is 1. The number of nitrogens with zero attached hydrogens (tertiary/aromatic N) is 3. The molecule has 1 aliphatic rings. The van der Waals surface area contributed by atoms with Crippen molar-refractivity contribution in [3.63, 3.8) is 0 Å². The maximum absolute atomic E-state index is 10.8. The van der Waals surface area contributed by atoms with Crippen molar-refractivity contribution in [2.45, 2.75) is 37.7 Å². The molecule has 1 aliphatic carbocycles. The van der Waals surface area contributed by atoms with Crippen molar-refractivity contribution in [1.29, 1.82) is 0 Å². The monoisotopic (exact) mass is 273 g/mol. The molecule has 0 radical (unpaired) electrons. The summed E-state index contributed by atoms with van der Waals surface area (Å²) >= 11 is 0. The number of hydrogen-bond acceptors (Lipinski definition) is 4. The summed E-state index contributed by atoms with van der Waals surface area (Å²) in [6, 6.07) is 7.60. The van der Waals surface area contributed by atoms with Crippen LogP contribution >= 0.6 is 0 Å². The topological polar surface area (TPSA) is 60.2 Å². The third kappa shape index (κ3) is 2.29. The molecule has 20 heavy (non-hydrogen) atoms. The van der Waals surface area contributed by atoms with E-state index >= 15 is 0 Å². The van der Waals surface area contributed by atoms with Gasteiger partial charge in [-0.05, 0) is 37.1 Å². The Bertz CT molecular complexity index is 571. The van der Waals surface area contributed by atoms with Crippen molar-refractivity contribution in [2.24, 2.45) is 0 Å². The fourth-order valence-electron chi connectivity index (χ4n) is 2.86. The summed E-state index contributed by atoms with van der Waals surface area (Å²) in [6.07, 6.45) is 6.50. The van der Waals surface area contributed by atoms with Gasteiger partial charge in [-0.25, -0.2) is 4.68 Å². The number of rotatable bonds is 3. The highest BCUT2D eigenvalue weighted by Gasteiger charge is 2.35. The molecule has 1 N–H and O–H groups in total. The second-order valence-electron chi connectivity index (χ2n) is 5.32. The van der Waals surface area contributed by atoms with Crippen LogP contribution in [0.5, 0.6) is 5.75 Å². The van der Waals surface area contributed by atoms with E-state index in [9.17, 15) is 5.11 Å². The van der Waals surface area contributed by atoms with Crippen molar-refractivity contribution in [1.82, 2.24) is 15.0 Å². The molecular weight excluding hydrogens is 254 g/mol. The first-order valence-electron chi connectivity index (χ1n) is 7.01. The van der Waals surface area contributed by atoms with Crippen LogP contribution in [0.2, 0.25) is 0 Å². The molecule has 106 valence electrons. The van der Waals surface area contributed by atoms with E-state index in [4.69, 9.17) is 4.74 Å². The Balaban J connectivity index is 1.96. The second kappa shape index (κ2) is 5.25. The molecule has 0 saturated heterocycles. The average molecular weight is 273 g/mol. The third-order valence-electron chi connectivity index (χ3n) is 4.02. The number of methoxy groups -OCH3 is 1. The Morgan fingerprint density at radius 1 is 1.15 bits per heavy atom. The maximum Gasteiger partial charge on any atom is 0.119 e. The van der Waals surface area contributed by atoms with Crippen molar-refractivity contribution in [2.75, 3.05) is 7.11 Å². The van der Waals surface area contributed by atoms with Gasteiger partial charge in [0.05, 0.1) is 24.7 Å². The first kappa shape index (κ1) is 13.1. The van der Waals surface area contributed by atoms with E-state index in [-0.39, 0.29) is 0 Å². The summed E-state index contributed by atoms with van der Waals surface area (Å²) in [5.74, 6) is 0.798. The molecule has 1 aromatic heterocycles. The highest BCUT2D eigenvalue weighted by molar-refractivity contribution is 5.38. The highest BCUT2D eigenvalue weighted by Crippen LogP contribution is 2.37. The zero-order valence-corrected chi connectivity index (χ0v) is 11.6. The van der Waals surface area contributed by atoms with Gasteiger partial charge in [0.2, 0.25) is 0 Å². The lowest BCUT2D eigenvalue weighted by atomic mass is 9.82. The number of benzene rings is 1. The molecule has 1 saturated carbocycles. The SMILES string of the molecule is COc1ccc(-n2nncc2C2(O)CCCCC2)cc1. The molecule has 5 nitrogen and oxygen atoms in total. The summed E-state index contributed by atoms with van der Waals surface area (Å²) in [4.78, 5) is 0. The van der Waals surface area contributed by atoms with Gasteiger partial charge in [-0.2, -0.15) is 0 Å². The van der Waals surface area contributed by atoms with Crippen LogP contribution in [0.1, 0.15) is 37.8 Å². The zero-order valence-electron chi connectivity index (χ0n) is 11.6. The van der Waals surface area contributed by atoms with Crippen molar-refractivity contribution < 1.29 is 9.84 Å². The fraction of sp³-hybridized carbons (Fsp3) is 0.467. The van der Waals surface area contributed by atoms with Crippen LogP contribution in [0, 0.1) is 0 Å². The Labute approximate surface area is 118 Å². The quantitative estimate of drug-likeness (QED) is 0.933. The highest BCUT2D eigenvalue weighted by atomic mass is 16.5. The third-order valence-corrected chi connectivity index (χ3v) is 4.02. The van der Waals surface area contributed by atoms with Gasteiger partial charge >= 0.3 is 0 Å². The van der Waals surface area contributed by atoms with E-state index in [1.54, 1.807) is 18.0 Å². The van der Waals surface area contributed by atoms with Crippen molar-refractivity contribution in [3.05, 3.63) is 36.2 Å². The van der Waals surface area contributed by atoms with Crippen LogP contribution in [0.4, 0.5) is 0 Å². The summed E-state index contributed by atoms with van der Waals surface area (Å²) in [6.45, 7) is 0. The number of aliphatic hydroxyl groups is 1. The lowest BCUT2D eigenvalue weighted by Crippen LogP contribution is -2.31. The van der Waals surface area contributed by atoms with Gasteiger partial charge in [0, 0.05) is 0 Å². The maximum atomic E-state index is 10.8. The molecule has 0 bridgehead atoms. The van der Waals surface area contributed by atoms with Gasteiger partial charge in [-0.3, -0.25) is 0 Å². The molecule has 1 heterocycles. The van der Waals surface area contributed by atoms with Crippen molar-refractivity contribution in [3.8, 4) is 11.4 Å². The van der Waals surface area contributed by atoms with Crippen LogP contribution in [-0.4, -0.2) is 27.2 Å². The lowest BCUT2D eigenvalue weighted by Gasteiger charge is -2.31. The van der Waals surface area contributed by atoms with E-state index in [1.807, 2.05) is 24.3 Å². The smallest absolute Gasteiger partial charge is 0.119 e. The van der Waals surface area contributed by atoms with Crippen LogP contribution in [0.3, 0.4) is 0 Å². The van der Waals surface area contributed by atoms with Gasteiger partial charge in [-0.1, -0.05) is 24.5 Å². The van der Waals surface area contributed by atoms with E-state index in [0.717, 1.165) is 42.8 Å². The molecule has 1 aromatic carbocycles. The first-order valence-corrected chi connectivity index (χ1v) is 7.01. The molecule has 3 rings (SSSR count). The van der Waals surface area contributed by atoms with Crippen LogP contribution in [0.25, 0.3) is 5.69 Å². The van der Waals surface area contributed by atoms with E-state index < -0.39 is 5.60 Å². The Hall–Kier alpha value is -1.88. The zero-order chi connectivity index (χ0) is 14.0. The Kier molecular flexibility index (Phi) is 3.44. The normalized spacial score (nSPS) is 17.9. The summed E-state index contributed by atoms with van der Waals surface area (Å²) in [5, 5.41) is 19.0. The first-order chi connectivity index (χ1) is 9.73. The molecule has 0 atom stereocenters. The molecule has 2 aromatic rings. The number of ether oxygens (including phenoxy) is 1. The average Bonchev–Trinajstić information content (AvgIpc) is 2.98. The van der Waals surface area contributed by atoms with Gasteiger partial charge in [-0.15, -0.1) is 5.10 Å². The molecule has 5 heteroatoms. The van der Waals surface area contributed by atoms with E-state index in [0.29, 0.717) is 0 Å². The van der Waals surface area contributed by atoms with Gasteiger partial charge in [0.15, 0.2) is 0 Å². The van der Waals surface area contributed by atoms with Gasteiger partial charge in [0.1, 0.15) is 11.4 Å². The lowest BCUT2D eigenvalue weighted by molar-refractivity contribution is -0.00675. The minimum absolute atomic E-state index is 0.774. The molecule has 0 aliphatic heterocycles. The standard InChI is InChI=1S/C15H19N3O2/c1-20-13-7-5-12(6-8-13)18-14(11-16-17-18)15(19)9-3-2-4-10-15/h5-8,11,19H,2-4,9-10H2,1H3. The largest absolute Gasteiger partial charge is 0.497 e. The Morgan fingerprint density at radius 2 is 1.85 bits per heavy atom. The minimum atomic E-state index is -0.804. The van der Waals surface area contributed by atoms with E-state index in [1.165, 1.54) is 6.42 Å².